The summed E-state index contributed by atoms with van der Waals surface area (Å²) in [5.41, 5.74) is 6.32. The zero-order chi connectivity index (χ0) is 15.1. The number of fused-ring (bicyclic) bond motifs is 1. The highest BCUT2D eigenvalue weighted by molar-refractivity contribution is 7.98. The second kappa shape index (κ2) is 8.14. The lowest BCUT2D eigenvalue weighted by atomic mass is 10.1. The van der Waals surface area contributed by atoms with E-state index in [2.05, 4.69) is 17.6 Å². The molecule has 0 radical (unpaired) electrons. The smallest absolute Gasteiger partial charge is 0.217 e. The highest BCUT2D eigenvalue weighted by atomic mass is 32.2. The van der Waals surface area contributed by atoms with E-state index in [1.54, 1.807) is 11.8 Å². The number of hydrogen-bond acceptors (Lipinski definition) is 5. The van der Waals surface area contributed by atoms with Gasteiger partial charge in [0.15, 0.2) is 11.5 Å². The van der Waals surface area contributed by atoms with Crippen LogP contribution >= 0.6 is 11.8 Å². The van der Waals surface area contributed by atoms with Crippen LogP contribution < -0.4 is 20.5 Å². The molecule has 3 N–H and O–H groups in total. The molecule has 2 rings (SSSR count). The van der Waals surface area contributed by atoms with E-state index in [1.165, 1.54) is 10.5 Å². The zero-order valence-corrected chi connectivity index (χ0v) is 13.1. The van der Waals surface area contributed by atoms with Crippen LogP contribution in [0.1, 0.15) is 24.8 Å². The van der Waals surface area contributed by atoms with Gasteiger partial charge in [-0.3, -0.25) is 4.79 Å². The summed E-state index contributed by atoms with van der Waals surface area (Å²) in [5, 5.41) is 3.40. The van der Waals surface area contributed by atoms with Gasteiger partial charge in [0.05, 0.1) is 0 Å². The third kappa shape index (κ3) is 4.82. The van der Waals surface area contributed by atoms with Crippen molar-refractivity contribution in [1.29, 1.82) is 0 Å². The maximum absolute atomic E-state index is 10.6. The predicted octanol–water partition coefficient (Wildman–Crippen LogP) is 1.92. The van der Waals surface area contributed by atoms with E-state index in [9.17, 15) is 4.79 Å². The number of unbranched alkanes of at least 4 members (excludes halogenated alkanes) is 1. The Balaban J connectivity index is 1.85. The molecular weight excluding hydrogens is 288 g/mol. The molecule has 0 aromatic heterocycles. The number of amides is 1. The van der Waals surface area contributed by atoms with Gasteiger partial charge in [-0.05, 0) is 43.3 Å². The molecule has 0 bridgehead atoms. The molecule has 1 aliphatic rings. The number of nitrogens with one attached hydrogen (secondary N) is 1. The second-order valence-corrected chi connectivity index (χ2v) is 5.76. The van der Waals surface area contributed by atoms with Crippen molar-refractivity contribution in [1.82, 2.24) is 5.32 Å². The minimum absolute atomic E-state index is 0.230. The molecular formula is C15H22N2O3S. The minimum atomic E-state index is -0.230. The first-order chi connectivity index (χ1) is 10.2. The third-order valence-corrected chi connectivity index (χ3v) is 4.11. The van der Waals surface area contributed by atoms with Crippen LogP contribution in [0.2, 0.25) is 0 Å². The van der Waals surface area contributed by atoms with Gasteiger partial charge in [0.1, 0.15) is 13.2 Å². The average Bonchev–Trinajstić information content (AvgIpc) is 2.49. The van der Waals surface area contributed by atoms with Gasteiger partial charge in [-0.1, -0.05) is 0 Å². The van der Waals surface area contributed by atoms with E-state index in [1.807, 2.05) is 6.07 Å². The summed E-state index contributed by atoms with van der Waals surface area (Å²) in [4.78, 5) is 11.8. The molecule has 0 aliphatic carbocycles. The van der Waals surface area contributed by atoms with Crippen molar-refractivity contribution in [3.63, 3.8) is 0 Å². The Kier molecular flexibility index (Phi) is 6.20. The van der Waals surface area contributed by atoms with Crippen LogP contribution in [-0.2, 0) is 11.3 Å². The summed E-state index contributed by atoms with van der Waals surface area (Å²) in [6.07, 6.45) is 4.30. The lowest BCUT2D eigenvalue weighted by molar-refractivity contribution is -0.118. The number of carbonyl (C=O) groups is 1. The highest BCUT2D eigenvalue weighted by Crippen LogP contribution is 2.36. The van der Waals surface area contributed by atoms with E-state index < -0.39 is 0 Å². The van der Waals surface area contributed by atoms with E-state index in [0.29, 0.717) is 19.6 Å². The number of benzene rings is 1. The molecule has 0 fully saturated rings. The molecule has 1 aromatic carbocycles. The molecule has 0 atom stereocenters. The van der Waals surface area contributed by atoms with E-state index in [-0.39, 0.29) is 5.91 Å². The zero-order valence-electron chi connectivity index (χ0n) is 12.3. The van der Waals surface area contributed by atoms with Crippen molar-refractivity contribution in [3.05, 3.63) is 17.7 Å². The van der Waals surface area contributed by atoms with Gasteiger partial charge in [0.2, 0.25) is 5.91 Å². The predicted molar refractivity (Wildman–Crippen MR) is 84.0 cm³/mol. The monoisotopic (exact) mass is 310 g/mol. The van der Waals surface area contributed by atoms with Crippen molar-refractivity contribution in [3.8, 4) is 11.5 Å². The number of thioether (sulfide) groups is 1. The quantitative estimate of drug-likeness (QED) is 0.567. The molecule has 21 heavy (non-hydrogen) atoms. The number of hydrogen-bond donors (Lipinski definition) is 2. The Morgan fingerprint density at radius 3 is 2.67 bits per heavy atom. The van der Waals surface area contributed by atoms with Gasteiger partial charge in [-0.2, -0.15) is 0 Å². The summed E-state index contributed by atoms with van der Waals surface area (Å²) in [6, 6.07) is 4.10. The van der Waals surface area contributed by atoms with Gasteiger partial charge in [-0.15, -0.1) is 11.8 Å². The van der Waals surface area contributed by atoms with Gasteiger partial charge in [-0.25, -0.2) is 0 Å². The fourth-order valence-electron chi connectivity index (χ4n) is 2.21. The molecule has 1 heterocycles. The van der Waals surface area contributed by atoms with E-state index >= 15 is 0 Å². The third-order valence-electron chi connectivity index (χ3n) is 3.29. The van der Waals surface area contributed by atoms with Crippen LogP contribution in [-0.4, -0.2) is 31.9 Å². The normalized spacial score (nSPS) is 13.2. The minimum Gasteiger partial charge on any atom is -0.486 e. The number of carbonyl (C=O) groups excluding carboxylic acids is 1. The first kappa shape index (κ1) is 16.0. The van der Waals surface area contributed by atoms with Crippen LogP contribution in [0.5, 0.6) is 11.5 Å². The Labute approximate surface area is 129 Å². The standard InChI is InChI=1S/C15H22N2O3S/c1-21-14-9-13-12(19-6-7-20-13)8-11(14)10-17-5-3-2-4-15(16)18/h8-9,17H,2-7,10H2,1H3,(H2,16,18). The average molecular weight is 310 g/mol. The number of nitrogens with two attached hydrogens (primary N) is 1. The van der Waals surface area contributed by atoms with Gasteiger partial charge >= 0.3 is 0 Å². The van der Waals surface area contributed by atoms with Crippen molar-refractivity contribution in [2.75, 3.05) is 26.0 Å². The molecule has 1 aromatic rings. The molecule has 0 saturated carbocycles. The SMILES string of the molecule is CSc1cc2c(cc1CNCCCCC(N)=O)OCCO2. The van der Waals surface area contributed by atoms with Crippen LogP contribution in [0, 0.1) is 0 Å². The molecule has 116 valence electrons. The van der Waals surface area contributed by atoms with Gasteiger partial charge in [0, 0.05) is 17.9 Å². The summed E-state index contributed by atoms with van der Waals surface area (Å²) in [5.74, 6) is 1.42. The Morgan fingerprint density at radius 2 is 2.00 bits per heavy atom. The topological polar surface area (TPSA) is 73.6 Å². The highest BCUT2D eigenvalue weighted by Gasteiger charge is 2.15. The Bertz CT molecular complexity index is 494. The summed E-state index contributed by atoms with van der Waals surface area (Å²) in [6.45, 7) is 2.86. The maximum atomic E-state index is 10.6. The maximum Gasteiger partial charge on any atom is 0.217 e. The molecule has 1 aliphatic heterocycles. The fourth-order valence-corrected chi connectivity index (χ4v) is 2.83. The van der Waals surface area contributed by atoms with Gasteiger partial charge < -0.3 is 20.5 Å². The molecule has 0 saturated heterocycles. The van der Waals surface area contributed by atoms with Crippen LogP contribution in [0.25, 0.3) is 0 Å². The lowest BCUT2D eigenvalue weighted by Crippen LogP contribution is -2.18. The fraction of sp³-hybridized carbons (Fsp3) is 0.533. The van der Waals surface area contributed by atoms with Crippen LogP contribution in [0.15, 0.2) is 17.0 Å². The Hall–Kier alpha value is -1.40. The summed E-state index contributed by atoms with van der Waals surface area (Å²) in [7, 11) is 0. The first-order valence-corrected chi connectivity index (χ1v) is 8.38. The molecule has 6 heteroatoms. The Morgan fingerprint density at radius 1 is 1.29 bits per heavy atom. The van der Waals surface area contributed by atoms with E-state index in [0.717, 1.165) is 37.4 Å². The summed E-state index contributed by atoms with van der Waals surface area (Å²) >= 11 is 1.70. The van der Waals surface area contributed by atoms with E-state index in [4.69, 9.17) is 15.2 Å². The van der Waals surface area contributed by atoms with Crippen molar-refractivity contribution in [2.24, 2.45) is 5.73 Å². The summed E-state index contributed by atoms with van der Waals surface area (Å²) < 4.78 is 11.2. The molecule has 5 nitrogen and oxygen atoms in total. The van der Waals surface area contributed by atoms with Crippen molar-refractivity contribution in [2.45, 2.75) is 30.7 Å². The number of rotatable bonds is 8. The van der Waals surface area contributed by atoms with Crippen molar-refractivity contribution >= 4 is 17.7 Å². The van der Waals surface area contributed by atoms with Gasteiger partial charge in [0.25, 0.3) is 0 Å². The second-order valence-electron chi connectivity index (χ2n) is 4.91. The first-order valence-electron chi connectivity index (χ1n) is 7.16. The number of primary amides is 1. The van der Waals surface area contributed by atoms with Crippen LogP contribution in [0.3, 0.4) is 0 Å². The van der Waals surface area contributed by atoms with Crippen LogP contribution in [0.4, 0.5) is 0 Å². The number of ether oxygens (including phenoxy) is 2. The van der Waals surface area contributed by atoms with Crippen molar-refractivity contribution < 1.29 is 14.3 Å². The largest absolute Gasteiger partial charge is 0.486 e. The molecule has 0 unspecified atom stereocenters. The molecule has 0 spiro atoms. The lowest BCUT2D eigenvalue weighted by Gasteiger charge is -2.21. The molecule has 1 amide bonds.